The molecule has 1 aromatic rings. The van der Waals surface area contributed by atoms with E-state index in [1.807, 2.05) is 0 Å². The summed E-state index contributed by atoms with van der Waals surface area (Å²) in [4.78, 5) is 20.4. The molecule has 3 heterocycles. The Balaban J connectivity index is 1.62. The third-order valence-electron chi connectivity index (χ3n) is 5.55. The number of nitrogens with one attached hydrogen (secondary N) is 2. The molecule has 4 rings (SSSR count). The zero-order valence-electron chi connectivity index (χ0n) is 16.2. The molecule has 0 aromatic heterocycles. The van der Waals surface area contributed by atoms with Crippen LogP contribution in [0.25, 0.3) is 0 Å². The number of hydrogen-bond acceptors (Lipinski definition) is 14. The number of hydrogen-bond donors (Lipinski definition) is 7. The number of nitrogens with zero attached hydrogens (tertiary/aromatic N) is 2. The predicted octanol–water partition coefficient (Wildman–Crippen LogP) is -5.85. The maximum absolute atomic E-state index is 12.3. The predicted molar refractivity (Wildman–Crippen MR) is 102 cm³/mol. The van der Waals surface area contributed by atoms with Crippen molar-refractivity contribution in [1.82, 2.24) is 10.2 Å². The van der Waals surface area contributed by atoms with Crippen LogP contribution in [0.5, 0.6) is 5.75 Å². The standard InChI is InChI=1S/C16H20N6O9S/c17-13-20-11-9(6-30-12(24)7-1-3-8(23)4-2-7)19-14(18)22-5-10(31-32(27,28)29)16(25,26)15(11,22)21-13/h1-4,9-11,23,25-26H,5-6H2,(H2,18,19)(H3,17,20,21)(H,27,28,29)/t9-,10?,11-,15-/m0/s1. The number of esters is 1. The Labute approximate surface area is 180 Å². The van der Waals surface area contributed by atoms with Crippen LogP contribution in [0.4, 0.5) is 0 Å². The fraction of sp³-hybridized carbons (Fsp3) is 0.438. The molecule has 16 heteroatoms. The van der Waals surface area contributed by atoms with Crippen molar-refractivity contribution in [2.45, 2.75) is 29.6 Å². The Kier molecular flexibility index (Phi) is 4.94. The van der Waals surface area contributed by atoms with Crippen LogP contribution < -0.4 is 21.8 Å². The summed E-state index contributed by atoms with van der Waals surface area (Å²) in [6.07, 6.45) is -1.93. The Morgan fingerprint density at radius 2 is 2.00 bits per heavy atom. The number of rotatable bonds is 5. The number of carbonyl (C=O) groups is 1. The fourth-order valence-corrected chi connectivity index (χ4v) is 4.69. The summed E-state index contributed by atoms with van der Waals surface area (Å²) in [5.41, 5.74) is 9.93. The number of nitrogens with two attached hydrogens (primary N) is 2. The molecular formula is C16H20N6O9S. The van der Waals surface area contributed by atoms with Crippen LogP contribution in [0, 0.1) is 0 Å². The van der Waals surface area contributed by atoms with Gasteiger partial charge in [-0.15, -0.1) is 0 Å². The lowest BCUT2D eigenvalue weighted by atomic mass is 9.86. The number of phenols is 1. The molecule has 0 saturated carbocycles. The minimum atomic E-state index is -5.30. The lowest BCUT2D eigenvalue weighted by molar-refractivity contribution is -0.522. The average Bonchev–Trinajstić information content (AvgIpc) is 3.15. The van der Waals surface area contributed by atoms with Gasteiger partial charge in [0.2, 0.25) is 10.4 Å². The lowest BCUT2D eigenvalue weighted by Gasteiger charge is -2.45. The largest absolute Gasteiger partial charge is 0.726 e. The van der Waals surface area contributed by atoms with Crippen LogP contribution in [0.15, 0.2) is 29.3 Å². The van der Waals surface area contributed by atoms with E-state index in [1.165, 1.54) is 24.3 Å². The van der Waals surface area contributed by atoms with Crippen molar-refractivity contribution in [3.63, 3.8) is 0 Å². The van der Waals surface area contributed by atoms with Crippen molar-refractivity contribution >= 4 is 28.3 Å². The summed E-state index contributed by atoms with van der Waals surface area (Å²) in [5.74, 6) is -4.18. The minimum Gasteiger partial charge on any atom is -0.726 e. The van der Waals surface area contributed by atoms with E-state index in [0.717, 1.165) is 4.90 Å². The van der Waals surface area contributed by atoms with Gasteiger partial charge in [-0.2, -0.15) is 0 Å². The summed E-state index contributed by atoms with van der Waals surface area (Å²) >= 11 is 0. The third kappa shape index (κ3) is 3.37. The number of aliphatic hydroxyl groups is 2. The molecule has 15 nitrogen and oxygen atoms in total. The maximum Gasteiger partial charge on any atom is 0.343 e. The molecule has 4 atom stereocenters. The molecule has 32 heavy (non-hydrogen) atoms. The molecule has 1 aromatic carbocycles. The van der Waals surface area contributed by atoms with Crippen LogP contribution in [0.3, 0.4) is 0 Å². The Morgan fingerprint density at radius 1 is 1.34 bits per heavy atom. The molecule has 0 amide bonds. The Bertz CT molecular complexity index is 1110. The van der Waals surface area contributed by atoms with Crippen molar-refractivity contribution in [1.29, 1.82) is 0 Å². The van der Waals surface area contributed by atoms with E-state index in [2.05, 4.69) is 19.5 Å². The van der Waals surface area contributed by atoms with Gasteiger partial charge in [0.25, 0.3) is 11.4 Å². The first-order chi connectivity index (χ1) is 14.8. The molecule has 0 aliphatic carbocycles. The number of aliphatic imine (C=N–C) groups is 1. The van der Waals surface area contributed by atoms with E-state index >= 15 is 0 Å². The van der Waals surface area contributed by atoms with Gasteiger partial charge in [0.15, 0.2) is 18.1 Å². The molecule has 174 valence electrons. The van der Waals surface area contributed by atoms with Crippen LogP contribution in [-0.4, -0.2) is 93.9 Å². The number of guanidine groups is 2. The van der Waals surface area contributed by atoms with E-state index in [1.54, 1.807) is 0 Å². The van der Waals surface area contributed by atoms with E-state index in [0.29, 0.717) is 0 Å². The highest BCUT2D eigenvalue weighted by Crippen LogP contribution is 2.42. The van der Waals surface area contributed by atoms with Crippen LogP contribution >= 0.6 is 0 Å². The lowest BCUT2D eigenvalue weighted by Crippen LogP contribution is -2.90. The molecular weight excluding hydrogens is 452 g/mol. The number of phenolic OH excluding ortho intramolecular Hbond substituents is 1. The SMILES string of the molecule is NC1=N[C@@H](COC(=O)c2ccc(O)cc2)[C@@H]2[NH+]=C(N)N[C@]23N1CC(OS(=O)(=O)[O-])C3(O)O. The molecule has 1 unspecified atom stereocenters. The molecule has 9 N–H and O–H groups in total. The third-order valence-corrected chi connectivity index (χ3v) is 6.02. The zero-order valence-corrected chi connectivity index (χ0v) is 17.0. The highest BCUT2D eigenvalue weighted by atomic mass is 32.3. The van der Waals surface area contributed by atoms with E-state index in [4.69, 9.17) is 16.2 Å². The van der Waals surface area contributed by atoms with Crippen LogP contribution in [0.1, 0.15) is 10.4 Å². The Hall–Kier alpha value is -3.18. The maximum atomic E-state index is 12.3. The second-order valence-electron chi connectivity index (χ2n) is 7.46. The van der Waals surface area contributed by atoms with Crippen LogP contribution in [0.2, 0.25) is 0 Å². The molecule has 1 saturated heterocycles. The second kappa shape index (κ2) is 7.17. The second-order valence-corrected chi connectivity index (χ2v) is 8.47. The average molecular weight is 472 g/mol. The topological polar surface area (TPSA) is 247 Å². The summed E-state index contributed by atoms with van der Waals surface area (Å²) in [7, 11) is -5.30. The summed E-state index contributed by atoms with van der Waals surface area (Å²) < 4.78 is 42.9. The highest BCUT2D eigenvalue weighted by Gasteiger charge is 2.77. The van der Waals surface area contributed by atoms with Crippen LogP contribution in [-0.2, 0) is 19.3 Å². The Morgan fingerprint density at radius 3 is 2.62 bits per heavy atom. The van der Waals surface area contributed by atoms with E-state index < -0.39 is 52.6 Å². The number of benzene rings is 1. The van der Waals surface area contributed by atoms with Crippen molar-refractivity contribution < 1.29 is 47.0 Å². The zero-order chi connectivity index (χ0) is 23.5. The molecule has 1 spiro atoms. The number of carbonyl (C=O) groups excluding carboxylic acids is 1. The number of aromatic hydroxyl groups is 1. The monoisotopic (exact) mass is 472 g/mol. The highest BCUT2D eigenvalue weighted by molar-refractivity contribution is 7.80. The molecule has 0 bridgehead atoms. The number of ether oxygens (including phenoxy) is 1. The normalized spacial score (nSPS) is 30.6. The van der Waals surface area contributed by atoms with Gasteiger partial charge >= 0.3 is 11.9 Å². The van der Waals surface area contributed by atoms with Crippen molar-refractivity contribution in [2.24, 2.45) is 16.5 Å². The first kappa shape index (κ1) is 22.0. The quantitative estimate of drug-likeness (QED) is 0.0914. The smallest absolute Gasteiger partial charge is 0.343 e. The summed E-state index contributed by atoms with van der Waals surface area (Å²) in [6, 6.07) is 3.17. The molecule has 3 aliphatic rings. The molecule has 1 fully saturated rings. The van der Waals surface area contributed by atoms with Gasteiger partial charge in [-0.25, -0.2) is 23.5 Å². The van der Waals surface area contributed by atoms with Gasteiger partial charge < -0.3 is 30.3 Å². The van der Waals surface area contributed by atoms with Gasteiger partial charge in [-0.05, 0) is 24.3 Å². The van der Waals surface area contributed by atoms with Gasteiger partial charge in [0, 0.05) is 0 Å². The van der Waals surface area contributed by atoms with E-state index in [9.17, 15) is 33.1 Å². The fourth-order valence-electron chi connectivity index (χ4n) is 4.21. The van der Waals surface area contributed by atoms with Gasteiger partial charge in [0.05, 0.1) is 12.1 Å². The molecule has 0 radical (unpaired) electrons. The van der Waals surface area contributed by atoms with Gasteiger partial charge in [-0.1, -0.05) is 0 Å². The molecule has 3 aliphatic heterocycles. The minimum absolute atomic E-state index is 0.0409. The van der Waals surface area contributed by atoms with Gasteiger partial charge in [0.1, 0.15) is 18.4 Å². The first-order valence-corrected chi connectivity index (χ1v) is 10.5. The summed E-state index contributed by atoms with van der Waals surface area (Å²) in [5, 5.41) is 33.7. The summed E-state index contributed by atoms with van der Waals surface area (Å²) in [6.45, 7) is -0.910. The van der Waals surface area contributed by atoms with Crippen molar-refractivity contribution in [2.75, 3.05) is 13.2 Å². The van der Waals surface area contributed by atoms with Crippen molar-refractivity contribution in [3.05, 3.63) is 29.8 Å². The van der Waals surface area contributed by atoms with Gasteiger partial charge in [-0.3, -0.25) is 19.8 Å². The first-order valence-electron chi connectivity index (χ1n) is 9.18. The van der Waals surface area contributed by atoms with Crippen molar-refractivity contribution in [3.8, 4) is 5.75 Å². The van der Waals surface area contributed by atoms with E-state index in [-0.39, 0.29) is 29.8 Å².